The number of hydrogen-bond donors (Lipinski definition) is 0. The smallest absolute Gasteiger partial charge is 0.158 e. The molecule has 25 heavy (non-hydrogen) atoms. The van der Waals surface area contributed by atoms with Gasteiger partial charge in [0.05, 0.1) is 20.4 Å². The summed E-state index contributed by atoms with van der Waals surface area (Å²) in [6, 6.07) is 6.18. The van der Waals surface area contributed by atoms with Crippen molar-refractivity contribution in [2.75, 3.05) is 7.05 Å². The summed E-state index contributed by atoms with van der Waals surface area (Å²) in [7, 11) is 1.73. The fourth-order valence-electron chi connectivity index (χ4n) is 2.65. The van der Waals surface area contributed by atoms with Crippen LogP contribution in [0.2, 0.25) is 0 Å². The highest BCUT2D eigenvalue weighted by atomic mass is 32.1. The summed E-state index contributed by atoms with van der Waals surface area (Å²) in [6.45, 7) is 3.42. The molecule has 7 heteroatoms. The van der Waals surface area contributed by atoms with Gasteiger partial charge in [0.2, 0.25) is 0 Å². The molecule has 0 radical (unpaired) electrons. The standard InChI is InChI=1S/C18H13N5S2/c1-19-10-23-18(20-2)13-9-25-16-12(8-24-17(13)16)11-3-4-14-15(7-11)22-6-5-21-14/h3-10H,1H2,2H3. The molecule has 0 fully saturated rings. The third-order valence-corrected chi connectivity index (χ3v) is 5.94. The molecule has 122 valence electrons. The topological polar surface area (TPSA) is 62.9 Å². The minimum atomic E-state index is 0.663. The van der Waals surface area contributed by atoms with Gasteiger partial charge in [-0.15, -0.1) is 22.7 Å². The third kappa shape index (κ3) is 2.77. The Morgan fingerprint density at radius 3 is 2.68 bits per heavy atom. The molecule has 0 amide bonds. The lowest BCUT2D eigenvalue weighted by Gasteiger charge is -2.00. The van der Waals surface area contributed by atoms with E-state index in [4.69, 9.17) is 0 Å². The molecule has 4 rings (SSSR count). The number of aromatic nitrogens is 2. The molecule has 3 heterocycles. The summed E-state index contributed by atoms with van der Waals surface area (Å²) in [5, 5.41) is 4.26. The zero-order chi connectivity index (χ0) is 17.2. The number of rotatable bonds is 3. The molecule has 1 aromatic carbocycles. The minimum Gasteiger partial charge on any atom is -0.270 e. The minimum absolute atomic E-state index is 0.663. The van der Waals surface area contributed by atoms with Gasteiger partial charge in [0, 0.05) is 41.3 Å². The number of fused-ring (bicyclic) bond motifs is 2. The summed E-state index contributed by atoms with van der Waals surface area (Å²) in [5.74, 6) is 0.663. The molecule has 0 aliphatic heterocycles. The van der Waals surface area contributed by atoms with Crippen molar-refractivity contribution in [3.8, 4) is 11.1 Å². The fraction of sp³-hybridized carbons (Fsp3) is 0.0556. The summed E-state index contributed by atoms with van der Waals surface area (Å²) in [4.78, 5) is 20.9. The summed E-state index contributed by atoms with van der Waals surface area (Å²) >= 11 is 3.40. The van der Waals surface area contributed by atoms with Crippen LogP contribution in [-0.4, -0.2) is 35.9 Å². The number of amidine groups is 1. The Morgan fingerprint density at radius 1 is 1.08 bits per heavy atom. The molecule has 4 aromatic rings. The number of aliphatic imine (C=N–C) groups is 3. The van der Waals surface area contributed by atoms with Crippen molar-refractivity contribution >= 4 is 62.0 Å². The molecule has 0 aliphatic carbocycles. The van der Waals surface area contributed by atoms with Crippen molar-refractivity contribution in [2.45, 2.75) is 0 Å². The normalized spacial score (nSPS) is 12.4. The second-order valence-corrected chi connectivity index (χ2v) is 6.95. The number of thiophene rings is 2. The van der Waals surface area contributed by atoms with Crippen molar-refractivity contribution in [1.29, 1.82) is 0 Å². The molecule has 0 saturated heterocycles. The molecular formula is C18H13N5S2. The van der Waals surface area contributed by atoms with E-state index in [0.29, 0.717) is 5.84 Å². The van der Waals surface area contributed by atoms with Gasteiger partial charge in [-0.25, -0.2) is 4.99 Å². The van der Waals surface area contributed by atoms with E-state index in [0.717, 1.165) is 22.2 Å². The maximum absolute atomic E-state index is 4.40. The number of nitrogens with zero attached hydrogens (tertiary/aromatic N) is 5. The zero-order valence-corrected chi connectivity index (χ0v) is 15.0. The lowest BCUT2D eigenvalue weighted by molar-refractivity contribution is 1.29. The van der Waals surface area contributed by atoms with Crippen LogP contribution in [0.3, 0.4) is 0 Å². The summed E-state index contributed by atoms with van der Waals surface area (Å²) in [6.07, 6.45) is 4.84. The molecular weight excluding hydrogens is 350 g/mol. The van der Waals surface area contributed by atoms with Crippen molar-refractivity contribution in [2.24, 2.45) is 15.0 Å². The average molecular weight is 363 g/mol. The molecule has 0 atom stereocenters. The van der Waals surface area contributed by atoms with Crippen LogP contribution >= 0.6 is 22.7 Å². The van der Waals surface area contributed by atoms with Crippen LogP contribution in [0.5, 0.6) is 0 Å². The van der Waals surface area contributed by atoms with Gasteiger partial charge in [-0.3, -0.25) is 20.0 Å². The lowest BCUT2D eigenvalue weighted by Crippen LogP contribution is -1.94. The average Bonchev–Trinajstić information content (AvgIpc) is 3.25. The Morgan fingerprint density at radius 2 is 1.88 bits per heavy atom. The second-order valence-electron chi connectivity index (χ2n) is 5.19. The highest BCUT2D eigenvalue weighted by Crippen LogP contribution is 2.40. The first kappa shape index (κ1) is 15.7. The van der Waals surface area contributed by atoms with Gasteiger partial charge >= 0.3 is 0 Å². The SMILES string of the molecule is C=NC=NC(=NC)c1csc2c(-c3ccc4nccnc4c3)csc12. The van der Waals surface area contributed by atoms with Gasteiger partial charge in [-0.2, -0.15) is 0 Å². The molecule has 0 aliphatic rings. The third-order valence-electron chi connectivity index (χ3n) is 3.78. The Hall–Kier alpha value is -2.77. The highest BCUT2D eigenvalue weighted by molar-refractivity contribution is 7.27. The molecule has 5 nitrogen and oxygen atoms in total. The van der Waals surface area contributed by atoms with E-state index in [-0.39, 0.29) is 0 Å². The van der Waals surface area contributed by atoms with Crippen molar-refractivity contribution < 1.29 is 0 Å². The van der Waals surface area contributed by atoms with Gasteiger partial charge in [0.1, 0.15) is 6.34 Å². The first-order valence-electron chi connectivity index (χ1n) is 7.47. The Labute approximate surface area is 152 Å². The van der Waals surface area contributed by atoms with E-state index in [2.05, 4.69) is 54.6 Å². The van der Waals surface area contributed by atoms with E-state index in [1.54, 1.807) is 42.1 Å². The first-order valence-corrected chi connectivity index (χ1v) is 9.23. The summed E-state index contributed by atoms with van der Waals surface area (Å²) in [5.41, 5.74) is 5.16. The second kappa shape index (κ2) is 6.62. The van der Waals surface area contributed by atoms with Crippen molar-refractivity contribution in [1.82, 2.24) is 9.97 Å². The predicted molar refractivity (Wildman–Crippen MR) is 109 cm³/mol. The van der Waals surface area contributed by atoms with Crippen LogP contribution in [0, 0.1) is 0 Å². The lowest BCUT2D eigenvalue weighted by atomic mass is 10.1. The van der Waals surface area contributed by atoms with E-state index in [1.807, 2.05) is 6.07 Å². The number of benzene rings is 1. The highest BCUT2D eigenvalue weighted by Gasteiger charge is 2.15. The fourth-order valence-corrected chi connectivity index (χ4v) is 5.05. The zero-order valence-electron chi connectivity index (χ0n) is 13.4. The van der Waals surface area contributed by atoms with Gasteiger partial charge in [-0.05, 0) is 24.4 Å². The van der Waals surface area contributed by atoms with Gasteiger partial charge in [0.15, 0.2) is 5.84 Å². The summed E-state index contributed by atoms with van der Waals surface area (Å²) < 4.78 is 2.41. The Balaban J connectivity index is 1.84. The predicted octanol–water partition coefficient (Wildman–Crippen LogP) is 4.68. The largest absolute Gasteiger partial charge is 0.270 e. The maximum Gasteiger partial charge on any atom is 0.158 e. The van der Waals surface area contributed by atoms with Crippen LogP contribution in [-0.2, 0) is 0 Å². The van der Waals surface area contributed by atoms with Crippen LogP contribution in [0.15, 0.2) is 56.3 Å². The van der Waals surface area contributed by atoms with Crippen LogP contribution in [0.4, 0.5) is 0 Å². The van der Waals surface area contributed by atoms with Crippen LogP contribution < -0.4 is 0 Å². The molecule has 0 unspecified atom stereocenters. The van der Waals surface area contributed by atoms with Gasteiger partial charge < -0.3 is 0 Å². The maximum atomic E-state index is 4.40. The molecule has 0 N–H and O–H groups in total. The Bertz CT molecular complexity index is 1140. The molecule has 0 bridgehead atoms. The van der Waals surface area contributed by atoms with E-state index in [1.165, 1.54) is 21.3 Å². The Kier molecular flexibility index (Phi) is 4.17. The van der Waals surface area contributed by atoms with Crippen LogP contribution in [0.1, 0.15) is 5.56 Å². The molecule has 3 aromatic heterocycles. The van der Waals surface area contributed by atoms with Gasteiger partial charge in [0.25, 0.3) is 0 Å². The molecule has 0 spiro atoms. The first-order chi connectivity index (χ1) is 12.3. The molecule has 0 saturated carbocycles. The quantitative estimate of drug-likeness (QED) is 0.392. The van der Waals surface area contributed by atoms with Crippen molar-refractivity contribution in [3.05, 3.63) is 46.9 Å². The van der Waals surface area contributed by atoms with Crippen molar-refractivity contribution in [3.63, 3.8) is 0 Å². The van der Waals surface area contributed by atoms with E-state index >= 15 is 0 Å². The van der Waals surface area contributed by atoms with E-state index in [9.17, 15) is 0 Å². The van der Waals surface area contributed by atoms with Crippen LogP contribution in [0.25, 0.3) is 31.6 Å². The van der Waals surface area contributed by atoms with Gasteiger partial charge in [-0.1, -0.05) is 6.07 Å². The van der Waals surface area contributed by atoms with E-state index < -0.39 is 0 Å². The monoisotopic (exact) mass is 363 g/mol. The number of hydrogen-bond acceptors (Lipinski definition) is 5.